The zero-order valence-corrected chi connectivity index (χ0v) is 6.66. The SMILES string of the molecule is Oc1ccc(F)c(-c2cnc[nH]2)c1. The monoisotopic (exact) mass is 178 g/mol. The molecule has 1 aromatic heterocycles. The molecule has 0 spiro atoms. The summed E-state index contributed by atoms with van der Waals surface area (Å²) in [5.74, 6) is -0.354. The Kier molecular flexibility index (Phi) is 1.73. The molecule has 13 heavy (non-hydrogen) atoms. The number of aromatic amines is 1. The molecule has 0 saturated heterocycles. The van der Waals surface area contributed by atoms with E-state index in [0.29, 0.717) is 11.3 Å². The average molecular weight is 178 g/mol. The van der Waals surface area contributed by atoms with Gasteiger partial charge in [0.2, 0.25) is 0 Å². The minimum atomic E-state index is -0.387. The van der Waals surface area contributed by atoms with E-state index in [4.69, 9.17) is 5.11 Å². The number of benzene rings is 1. The predicted molar refractivity (Wildman–Crippen MR) is 45.6 cm³/mol. The highest BCUT2D eigenvalue weighted by Gasteiger charge is 2.06. The van der Waals surface area contributed by atoms with E-state index < -0.39 is 0 Å². The van der Waals surface area contributed by atoms with Gasteiger partial charge in [-0.05, 0) is 18.2 Å². The van der Waals surface area contributed by atoms with Crippen molar-refractivity contribution in [1.82, 2.24) is 9.97 Å². The van der Waals surface area contributed by atoms with Crippen molar-refractivity contribution in [3.63, 3.8) is 0 Å². The fourth-order valence-corrected chi connectivity index (χ4v) is 1.12. The molecule has 1 heterocycles. The maximum atomic E-state index is 13.2. The molecule has 3 nitrogen and oxygen atoms in total. The number of hydrogen-bond donors (Lipinski definition) is 2. The molecule has 0 bridgehead atoms. The van der Waals surface area contributed by atoms with E-state index in [1.165, 1.54) is 30.7 Å². The smallest absolute Gasteiger partial charge is 0.132 e. The Labute approximate surface area is 73.9 Å². The minimum Gasteiger partial charge on any atom is -0.508 e. The van der Waals surface area contributed by atoms with Crippen molar-refractivity contribution in [1.29, 1.82) is 0 Å². The number of aromatic hydroxyl groups is 1. The summed E-state index contributed by atoms with van der Waals surface area (Å²) >= 11 is 0. The van der Waals surface area contributed by atoms with Crippen molar-refractivity contribution < 1.29 is 9.50 Å². The first-order valence-corrected chi connectivity index (χ1v) is 3.74. The van der Waals surface area contributed by atoms with Gasteiger partial charge < -0.3 is 10.1 Å². The highest BCUT2D eigenvalue weighted by atomic mass is 19.1. The van der Waals surface area contributed by atoms with Crippen LogP contribution in [0.4, 0.5) is 4.39 Å². The van der Waals surface area contributed by atoms with Gasteiger partial charge in [-0.25, -0.2) is 9.37 Å². The van der Waals surface area contributed by atoms with Gasteiger partial charge in [-0.2, -0.15) is 0 Å². The van der Waals surface area contributed by atoms with E-state index >= 15 is 0 Å². The van der Waals surface area contributed by atoms with Crippen LogP contribution in [0.25, 0.3) is 11.3 Å². The van der Waals surface area contributed by atoms with Crippen molar-refractivity contribution >= 4 is 0 Å². The molecule has 0 unspecified atom stereocenters. The van der Waals surface area contributed by atoms with E-state index in [1.807, 2.05) is 0 Å². The van der Waals surface area contributed by atoms with E-state index in [2.05, 4.69) is 9.97 Å². The van der Waals surface area contributed by atoms with Gasteiger partial charge in [-0.15, -0.1) is 0 Å². The van der Waals surface area contributed by atoms with Crippen molar-refractivity contribution in [3.8, 4) is 17.0 Å². The number of nitrogens with zero attached hydrogens (tertiary/aromatic N) is 1. The van der Waals surface area contributed by atoms with E-state index in [0.717, 1.165) is 0 Å². The summed E-state index contributed by atoms with van der Waals surface area (Å²) < 4.78 is 13.2. The van der Waals surface area contributed by atoms with Crippen LogP contribution in [0.5, 0.6) is 5.75 Å². The number of aromatic nitrogens is 2. The molecule has 0 aliphatic heterocycles. The van der Waals surface area contributed by atoms with Gasteiger partial charge >= 0.3 is 0 Å². The Morgan fingerprint density at radius 3 is 2.92 bits per heavy atom. The fraction of sp³-hybridized carbons (Fsp3) is 0. The van der Waals surface area contributed by atoms with Crippen LogP contribution in [0.1, 0.15) is 0 Å². The van der Waals surface area contributed by atoms with Gasteiger partial charge in [0.1, 0.15) is 11.6 Å². The van der Waals surface area contributed by atoms with Gasteiger partial charge in [0.25, 0.3) is 0 Å². The van der Waals surface area contributed by atoms with Crippen LogP contribution in [-0.2, 0) is 0 Å². The summed E-state index contributed by atoms with van der Waals surface area (Å²) in [6.07, 6.45) is 2.96. The zero-order chi connectivity index (χ0) is 9.26. The van der Waals surface area contributed by atoms with Gasteiger partial charge in [-0.3, -0.25) is 0 Å². The molecule has 4 heteroatoms. The second-order valence-corrected chi connectivity index (χ2v) is 2.63. The Hall–Kier alpha value is -1.84. The van der Waals surface area contributed by atoms with Crippen LogP contribution in [0.15, 0.2) is 30.7 Å². The van der Waals surface area contributed by atoms with Crippen LogP contribution in [0.3, 0.4) is 0 Å². The van der Waals surface area contributed by atoms with E-state index in [1.54, 1.807) is 0 Å². The summed E-state index contributed by atoms with van der Waals surface area (Å²) in [5, 5.41) is 9.14. The summed E-state index contributed by atoms with van der Waals surface area (Å²) in [5.41, 5.74) is 0.867. The number of hydrogen-bond acceptors (Lipinski definition) is 2. The molecule has 0 fully saturated rings. The highest BCUT2D eigenvalue weighted by Crippen LogP contribution is 2.24. The third kappa shape index (κ3) is 1.38. The van der Waals surface area contributed by atoms with Crippen LogP contribution < -0.4 is 0 Å². The van der Waals surface area contributed by atoms with Gasteiger partial charge in [0, 0.05) is 5.56 Å². The number of H-pyrrole nitrogens is 1. The third-order valence-electron chi connectivity index (χ3n) is 1.74. The topological polar surface area (TPSA) is 48.9 Å². The highest BCUT2D eigenvalue weighted by molar-refractivity contribution is 5.60. The molecule has 0 radical (unpaired) electrons. The summed E-state index contributed by atoms with van der Waals surface area (Å²) in [6, 6.07) is 3.86. The first kappa shape index (κ1) is 7.79. The molecule has 0 atom stereocenters. The maximum Gasteiger partial charge on any atom is 0.132 e. The van der Waals surface area contributed by atoms with Crippen molar-refractivity contribution in [3.05, 3.63) is 36.5 Å². The van der Waals surface area contributed by atoms with Crippen molar-refractivity contribution in [2.45, 2.75) is 0 Å². The standard InChI is InChI=1S/C9H7FN2O/c10-8-2-1-6(13)3-7(8)9-4-11-5-12-9/h1-5,13H,(H,11,12). The molecule has 2 aromatic rings. The summed E-state index contributed by atoms with van der Waals surface area (Å²) in [6.45, 7) is 0. The minimum absolute atomic E-state index is 0.0333. The van der Waals surface area contributed by atoms with Crippen LogP contribution in [-0.4, -0.2) is 15.1 Å². The molecular weight excluding hydrogens is 171 g/mol. The van der Waals surface area contributed by atoms with Crippen LogP contribution >= 0.6 is 0 Å². The lowest BCUT2D eigenvalue weighted by atomic mass is 10.1. The Balaban J connectivity index is 2.57. The number of rotatable bonds is 1. The number of phenols is 1. The summed E-state index contributed by atoms with van der Waals surface area (Å²) in [7, 11) is 0. The lowest BCUT2D eigenvalue weighted by molar-refractivity contribution is 0.473. The second-order valence-electron chi connectivity index (χ2n) is 2.63. The van der Waals surface area contributed by atoms with Crippen LogP contribution in [0.2, 0.25) is 0 Å². The third-order valence-corrected chi connectivity index (χ3v) is 1.74. The summed E-state index contributed by atoms with van der Waals surface area (Å²) in [4.78, 5) is 6.52. The number of nitrogens with one attached hydrogen (secondary N) is 1. The number of phenolic OH excluding ortho intramolecular Hbond substituents is 1. The fourth-order valence-electron chi connectivity index (χ4n) is 1.12. The Morgan fingerprint density at radius 2 is 2.23 bits per heavy atom. The molecular formula is C9H7FN2O. The average Bonchev–Trinajstić information content (AvgIpc) is 2.61. The quantitative estimate of drug-likeness (QED) is 0.700. The molecule has 0 aliphatic rings. The largest absolute Gasteiger partial charge is 0.508 e. The lowest BCUT2D eigenvalue weighted by Gasteiger charge is -1.99. The molecule has 0 amide bonds. The molecule has 0 saturated carbocycles. The lowest BCUT2D eigenvalue weighted by Crippen LogP contribution is -1.83. The molecule has 1 aromatic carbocycles. The number of imidazole rings is 1. The number of halogens is 1. The van der Waals surface area contributed by atoms with Crippen molar-refractivity contribution in [2.75, 3.05) is 0 Å². The maximum absolute atomic E-state index is 13.2. The molecule has 66 valence electrons. The molecule has 0 aliphatic carbocycles. The Morgan fingerprint density at radius 1 is 1.38 bits per heavy atom. The van der Waals surface area contributed by atoms with E-state index in [-0.39, 0.29) is 11.6 Å². The van der Waals surface area contributed by atoms with Crippen molar-refractivity contribution in [2.24, 2.45) is 0 Å². The second kappa shape index (κ2) is 2.90. The predicted octanol–water partition coefficient (Wildman–Crippen LogP) is 1.92. The van der Waals surface area contributed by atoms with Gasteiger partial charge in [0.05, 0.1) is 18.2 Å². The van der Waals surface area contributed by atoms with Gasteiger partial charge in [0.15, 0.2) is 0 Å². The Bertz CT molecular complexity index is 412. The molecule has 2 N–H and O–H groups in total. The van der Waals surface area contributed by atoms with Crippen LogP contribution in [0, 0.1) is 5.82 Å². The van der Waals surface area contributed by atoms with Gasteiger partial charge in [-0.1, -0.05) is 0 Å². The molecule has 2 rings (SSSR count). The first-order chi connectivity index (χ1) is 6.27. The van der Waals surface area contributed by atoms with E-state index in [9.17, 15) is 4.39 Å². The normalized spacial score (nSPS) is 10.2. The first-order valence-electron chi connectivity index (χ1n) is 3.74. The zero-order valence-electron chi connectivity index (χ0n) is 6.66.